The Hall–Kier alpha value is 1.27. The third-order valence-corrected chi connectivity index (χ3v) is 5.28. The first-order chi connectivity index (χ1) is 8.04. The van der Waals surface area contributed by atoms with Gasteiger partial charge in [-0.1, -0.05) is 0 Å². The summed E-state index contributed by atoms with van der Waals surface area (Å²) in [6, 6.07) is 0. The van der Waals surface area contributed by atoms with Crippen LogP contribution in [0.4, 0.5) is 0 Å². The number of rotatable bonds is 10. The lowest BCUT2D eigenvalue weighted by Gasteiger charge is -2.35. The van der Waals surface area contributed by atoms with E-state index in [1.54, 1.807) is 9.34 Å². The van der Waals surface area contributed by atoms with Gasteiger partial charge in [-0.25, -0.2) is 9.34 Å². The summed E-state index contributed by atoms with van der Waals surface area (Å²) in [7, 11) is -3.15. The van der Waals surface area contributed by atoms with Crippen LogP contribution in [0.2, 0.25) is 0 Å². The minimum absolute atomic E-state index is 0.341. The number of hydrogen-bond acceptors (Lipinski definition) is 1. The third-order valence-electron chi connectivity index (χ3n) is 2.18. The van der Waals surface area contributed by atoms with E-state index in [2.05, 4.69) is 0 Å². The van der Waals surface area contributed by atoms with Crippen LogP contribution in [0.5, 0.6) is 0 Å². The summed E-state index contributed by atoms with van der Waals surface area (Å²) < 4.78 is 15.8. The summed E-state index contributed by atoms with van der Waals surface area (Å²) >= 11 is 22.7. The lowest BCUT2D eigenvalue weighted by molar-refractivity contribution is 0.363. The maximum Gasteiger partial charge on any atom is 0.281 e. The summed E-state index contributed by atoms with van der Waals surface area (Å²) in [5.41, 5.74) is 5.92. The van der Waals surface area contributed by atoms with Gasteiger partial charge in [-0.05, 0) is 0 Å². The first-order valence-electron chi connectivity index (χ1n) is 5.17. The van der Waals surface area contributed by atoms with Gasteiger partial charge in [0.25, 0.3) is 7.59 Å². The standard InChI is InChI=1S/C8H18Cl4N3OP/c9-1-5-14(6-2-10)17(13,16)15(7-3-11)8-4-12/h1-8H2,(H2,13,16). The van der Waals surface area contributed by atoms with Crippen LogP contribution in [0, 0.1) is 0 Å². The fourth-order valence-corrected chi connectivity index (χ4v) is 4.56. The van der Waals surface area contributed by atoms with Crippen LogP contribution < -0.4 is 5.50 Å². The monoisotopic (exact) mass is 343 g/mol. The van der Waals surface area contributed by atoms with Crippen molar-refractivity contribution in [3.05, 3.63) is 0 Å². The second-order valence-electron chi connectivity index (χ2n) is 3.25. The van der Waals surface area contributed by atoms with E-state index in [0.29, 0.717) is 49.7 Å². The Morgan fingerprint density at radius 2 is 1.00 bits per heavy atom. The second-order valence-corrected chi connectivity index (χ2v) is 7.07. The van der Waals surface area contributed by atoms with E-state index >= 15 is 0 Å². The molecule has 0 saturated heterocycles. The molecule has 104 valence electrons. The molecule has 0 atom stereocenters. The van der Waals surface area contributed by atoms with Gasteiger partial charge < -0.3 is 0 Å². The molecule has 0 saturated carbocycles. The van der Waals surface area contributed by atoms with E-state index < -0.39 is 7.59 Å². The zero-order chi connectivity index (χ0) is 13.3. The van der Waals surface area contributed by atoms with Crippen LogP contribution in [0.3, 0.4) is 0 Å². The molecule has 0 amide bonds. The van der Waals surface area contributed by atoms with E-state index in [1.165, 1.54) is 0 Å². The number of nitrogens with zero attached hydrogens (tertiary/aromatic N) is 2. The van der Waals surface area contributed by atoms with Crippen molar-refractivity contribution in [1.82, 2.24) is 9.34 Å². The Morgan fingerprint density at radius 1 is 0.765 bits per heavy atom. The van der Waals surface area contributed by atoms with Crippen LogP contribution in [-0.2, 0) is 4.57 Å². The van der Waals surface area contributed by atoms with Gasteiger partial charge in [-0.15, -0.1) is 46.4 Å². The van der Waals surface area contributed by atoms with Gasteiger partial charge in [-0.2, -0.15) is 0 Å². The average Bonchev–Trinajstić information content (AvgIpc) is 2.28. The molecule has 0 spiro atoms. The molecule has 4 nitrogen and oxygen atoms in total. The zero-order valence-electron chi connectivity index (χ0n) is 9.50. The minimum Gasteiger partial charge on any atom is -0.271 e. The fourth-order valence-electron chi connectivity index (χ4n) is 1.37. The molecule has 0 fully saturated rings. The van der Waals surface area contributed by atoms with E-state index in [0.717, 1.165) is 0 Å². The molecular weight excluding hydrogens is 327 g/mol. The van der Waals surface area contributed by atoms with Crippen LogP contribution in [0.25, 0.3) is 0 Å². The summed E-state index contributed by atoms with van der Waals surface area (Å²) in [4.78, 5) is 0. The summed E-state index contributed by atoms with van der Waals surface area (Å²) in [5.74, 6) is 1.36. The summed E-state index contributed by atoms with van der Waals surface area (Å²) in [5, 5.41) is 0. The van der Waals surface area contributed by atoms with Crippen molar-refractivity contribution in [3.63, 3.8) is 0 Å². The SMILES string of the molecule is NP(=O)(N(CCCl)CCCl)N(CCCl)CCCl. The number of hydrogen-bond donors (Lipinski definition) is 1. The molecule has 9 heteroatoms. The number of halogens is 4. The predicted molar refractivity (Wildman–Crippen MR) is 77.8 cm³/mol. The summed E-state index contributed by atoms with van der Waals surface area (Å²) in [6.45, 7) is 1.68. The topological polar surface area (TPSA) is 49.6 Å². The van der Waals surface area contributed by atoms with Crippen LogP contribution >= 0.6 is 54.0 Å². The van der Waals surface area contributed by atoms with Gasteiger partial charge in [0.1, 0.15) is 0 Å². The highest BCUT2D eigenvalue weighted by molar-refractivity contribution is 7.56. The summed E-state index contributed by atoms with van der Waals surface area (Å²) in [6.07, 6.45) is 0. The molecule has 0 aliphatic rings. The molecule has 0 heterocycles. The van der Waals surface area contributed by atoms with Gasteiger partial charge in [0.2, 0.25) is 0 Å². The number of alkyl halides is 4. The fraction of sp³-hybridized carbons (Fsp3) is 1.00. The Kier molecular flexibility index (Phi) is 10.9. The Morgan fingerprint density at radius 3 is 1.18 bits per heavy atom. The maximum absolute atomic E-state index is 12.6. The minimum atomic E-state index is -3.15. The van der Waals surface area contributed by atoms with Gasteiger partial charge >= 0.3 is 0 Å². The lowest BCUT2D eigenvalue weighted by atomic mass is 10.6. The molecule has 0 aromatic carbocycles. The molecule has 0 unspecified atom stereocenters. The largest absolute Gasteiger partial charge is 0.281 e. The molecule has 0 aromatic heterocycles. The Labute approximate surface area is 123 Å². The first kappa shape index (κ1) is 18.3. The molecule has 2 N–H and O–H groups in total. The van der Waals surface area contributed by atoms with Crippen LogP contribution in [0.15, 0.2) is 0 Å². The predicted octanol–water partition coefficient (Wildman–Crippen LogP) is 2.61. The van der Waals surface area contributed by atoms with Gasteiger partial charge in [-0.3, -0.25) is 10.1 Å². The number of nitrogens with two attached hydrogens (primary N) is 1. The van der Waals surface area contributed by atoms with Gasteiger partial charge in [0.15, 0.2) is 0 Å². The van der Waals surface area contributed by atoms with Gasteiger partial charge in [0.05, 0.1) is 0 Å². The molecule has 0 aliphatic carbocycles. The molecule has 17 heavy (non-hydrogen) atoms. The lowest BCUT2D eigenvalue weighted by Crippen LogP contribution is -2.39. The smallest absolute Gasteiger partial charge is 0.271 e. The van der Waals surface area contributed by atoms with Crippen molar-refractivity contribution in [3.8, 4) is 0 Å². The van der Waals surface area contributed by atoms with Crippen molar-refractivity contribution >= 4 is 54.0 Å². The van der Waals surface area contributed by atoms with Crippen molar-refractivity contribution in [2.24, 2.45) is 5.50 Å². The molecule has 0 radical (unpaired) electrons. The van der Waals surface area contributed by atoms with Crippen LogP contribution in [-0.4, -0.2) is 59.0 Å². The second kappa shape index (κ2) is 10.1. The van der Waals surface area contributed by atoms with Crippen LogP contribution in [0.1, 0.15) is 0 Å². The normalized spacial score (nSPS) is 12.6. The van der Waals surface area contributed by atoms with E-state index in [1.807, 2.05) is 0 Å². The molecule has 0 rings (SSSR count). The quantitative estimate of drug-likeness (QED) is 0.489. The highest BCUT2D eigenvalue weighted by atomic mass is 35.5. The highest BCUT2D eigenvalue weighted by Gasteiger charge is 2.31. The molecule has 0 aromatic rings. The molecule has 0 aliphatic heterocycles. The van der Waals surface area contributed by atoms with E-state index in [4.69, 9.17) is 51.9 Å². The van der Waals surface area contributed by atoms with Gasteiger partial charge in [0, 0.05) is 49.7 Å². The average molecular weight is 345 g/mol. The van der Waals surface area contributed by atoms with E-state index in [9.17, 15) is 4.57 Å². The zero-order valence-corrected chi connectivity index (χ0v) is 13.4. The molecule has 0 bridgehead atoms. The van der Waals surface area contributed by atoms with Crippen molar-refractivity contribution in [2.75, 3.05) is 49.7 Å². The van der Waals surface area contributed by atoms with Crippen molar-refractivity contribution < 1.29 is 4.57 Å². The Balaban J connectivity index is 4.78. The maximum atomic E-state index is 12.6. The third kappa shape index (κ3) is 6.31. The van der Waals surface area contributed by atoms with Crippen molar-refractivity contribution in [1.29, 1.82) is 0 Å². The van der Waals surface area contributed by atoms with E-state index in [-0.39, 0.29) is 0 Å². The van der Waals surface area contributed by atoms with Crippen molar-refractivity contribution in [2.45, 2.75) is 0 Å². The Bertz CT molecular complexity index is 215. The highest BCUT2D eigenvalue weighted by Crippen LogP contribution is 2.44. The first-order valence-corrected chi connectivity index (χ1v) is 8.99. The molecular formula is C8H18Cl4N3OP.